The van der Waals surface area contributed by atoms with E-state index in [0.717, 1.165) is 5.70 Å². The molecule has 2 aliphatic rings. The van der Waals surface area contributed by atoms with Crippen molar-refractivity contribution in [2.45, 2.75) is 19.4 Å². The monoisotopic (exact) mass is 404 g/mol. The first kappa shape index (κ1) is 20.7. The molecule has 0 bridgehead atoms. The third-order valence-electron chi connectivity index (χ3n) is 4.65. The van der Waals surface area contributed by atoms with Crippen LogP contribution >= 0.6 is 0 Å². The fraction of sp³-hybridized carbons (Fsp3) is 0.400. The number of ether oxygens (including phenoxy) is 1. The molecule has 156 valence electrons. The molecule has 2 amide bonds. The summed E-state index contributed by atoms with van der Waals surface area (Å²) in [5.74, 6) is -0.607. The summed E-state index contributed by atoms with van der Waals surface area (Å²) in [6.45, 7) is 7.04. The molecule has 1 saturated heterocycles. The molecule has 1 aromatic carbocycles. The number of nitrogens with one attached hydrogen (secondary N) is 2. The minimum Gasteiger partial charge on any atom is -0.442 e. The van der Waals surface area contributed by atoms with E-state index in [2.05, 4.69) is 17.4 Å². The van der Waals surface area contributed by atoms with Crippen LogP contribution in [0.25, 0.3) is 0 Å². The van der Waals surface area contributed by atoms with E-state index in [1.54, 1.807) is 18.2 Å². The van der Waals surface area contributed by atoms with Crippen molar-refractivity contribution >= 4 is 23.4 Å². The average molecular weight is 404 g/mol. The van der Waals surface area contributed by atoms with Gasteiger partial charge in [0.25, 0.3) is 0 Å². The van der Waals surface area contributed by atoms with Crippen molar-refractivity contribution in [2.75, 3.05) is 42.6 Å². The molecule has 0 unspecified atom stereocenters. The van der Waals surface area contributed by atoms with Gasteiger partial charge in [-0.25, -0.2) is 9.18 Å². The fourth-order valence-corrected chi connectivity index (χ4v) is 3.19. The predicted octanol–water partition coefficient (Wildman–Crippen LogP) is 2.09. The highest BCUT2D eigenvalue weighted by Gasteiger charge is 2.33. The number of cyclic esters (lactones) is 1. The molecule has 2 N–H and O–H groups in total. The Bertz CT molecular complexity index is 814. The van der Waals surface area contributed by atoms with Crippen molar-refractivity contribution in [2.24, 2.45) is 0 Å². The van der Waals surface area contributed by atoms with Crippen molar-refractivity contribution in [1.82, 2.24) is 10.8 Å². The van der Waals surface area contributed by atoms with Crippen LogP contribution in [0.2, 0.25) is 0 Å². The van der Waals surface area contributed by atoms with Crippen LogP contribution in [-0.2, 0) is 14.4 Å². The zero-order chi connectivity index (χ0) is 20.8. The quantitative estimate of drug-likeness (QED) is 0.392. The number of anilines is 2. The predicted molar refractivity (Wildman–Crippen MR) is 107 cm³/mol. The molecule has 3 rings (SSSR count). The van der Waals surface area contributed by atoms with Crippen molar-refractivity contribution in [1.29, 1.82) is 0 Å². The lowest BCUT2D eigenvalue weighted by molar-refractivity contribution is -0.119. The molecule has 2 aliphatic heterocycles. The SMILES string of the molecule is C=CCONC1=CCN(c2ccc(N3C[C@H](CNC(C)=O)OC3=O)cc2F)CC1. The molecule has 0 aliphatic carbocycles. The van der Waals surface area contributed by atoms with Gasteiger partial charge in [0, 0.05) is 32.1 Å². The lowest BCUT2D eigenvalue weighted by atomic mass is 10.1. The third-order valence-corrected chi connectivity index (χ3v) is 4.65. The molecular weight excluding hydrogens is 379 g/mol. The van der Waals surface area contributed by atoms with Gasteiger partial charge in [0.05, 0.1) is 31.1 Å². The second kappa shape index (κ2) is 9.42. The molecule has 9 heteroatoms. The molecule has 29 heavy (non-hydrogen) atoms. The summed E-state index contributed by atoms with van der Waals surface area (Å²) in [6, 6.07) is 4.70. The van der Waals surface area contributed by atoms with Crippen LogP contribution < -0.4 is 20.6 Å². The number of benzene rings is 1. The van der Waals surface area contributed by atoms with Crippen LogP contribution in [0.15, 0.2) is 42.6 Å². The second-order valence-corrected chi connectivity index (χ2v) is 6.82. The lowest BCUT2D eigenvalue weighted by Gasteiger charge is -2.29. The summed E-state index contributed by atoms with van der Waals surface area (Å²) in [6.07, 6.45) is 3.28. The Kier molecular flexibility index (Phi) is 6.71. The summed E-state index contributed by atoms with van der Waals surface area (Å²) in [4.78, 5) is 31.6. The first-order valence-corrected chi connectivity index (χ1v) is 9.42. The number of amides is 2. The van der Waals surface area contributed by atoms with Gasteiger partial charge in [0.15, 0.2) is 0 Å². The molecular formula is C20H25FN4O4. The Balaban J connectivity index is 1.61. The van der Waals surface area contributed by atoms with Gasteiger partial charge in [0.1, 0.15) is 11.9 Å². The summed E-state index contributed by atoms with van der Waals surface area (Å²) < 4.78 is 20.0. The summed E-state index contributed by atoms with van der Waals surface area (Å²) in [5.41, 5.74) is 4.71. The number of carbonyl (C=O) groups is 2. The normalized spacial score (nSPS) is 18.9. The maximum Gasteiger partial charge on any atom is 0.414 e. The average Bonchev–Trinajstić information content (AvgIpc) is 3.08. The van der Waals surface area contributed by atoms with E-state index in [1.165, 1.54) is 17.9 Å². The van der Waals surface area contributed by atoms with Gasteiger partial charge in [0.2, 0.25) is 5.91 Å². The number of rotatable bonds is 8. The number of hydroxylamine groups is 1. The zero-order valence-corrected chi connectivity index (χ0v) is 16.3. The molecule has 0 saturated carbocycles. The van der Waals surface area contributed by atoms with Crippen molar-refractivity contribution in [3.8, 4) is 0 Å². The Morgan fingerprint density at radius 1 is 1.48 bits per heavy atom. The maximum atomic E-state index is 14.8. The van der Waals surface area contributed by atoms with Crippen LogP contribution in [0.3, 0.4) is 0 Å². The van der Waals surface area contributed by atoms with Crippen LogP contribution in [0.1, 0.15) is 13.3 Å². The molecule has 1 atom stereocenters. The third kappa shape index (κ3) is 5.26. The van der Waals surface area contributed by atoms with E-state index in [9.17, 15) is 14.0 Å². The number of hydrogen-bond donors (Lipinski definition) is 2. The number of carbonyl (C=O) groups excluding carboxylic acids is 2. The molecule has 1 aromatic rings. The highest BCUT2D eigenvalue weighted by molar-refractivity contribution is 5.90. The number of halogens is 1. The van der Waals surface area contributed by atoms with E-state index >= 15 is 0 Å². The van der Waals surface area contributed by atoms with Crippen LogP contribution in [0, 0.1) is 5.82 Å². The minimum atomic E-state index is -0.552. The van der Waals surface area contributed by atoms with Crippen molar-refractivity contribution < 1.29 is 23.6 Å². The van der Waals surface area contributed by atoms with Crippen LogP contribution in [0.5, 0.6) is 0 Å². The first-order chi connectivity index (χ1) is 14.0. The van der Waals surface area contributed by atoms with Gasteiger partial charge in [-0.15, -0.1) is 6.58 Å². The molecule has 0 spiro atoms. The Labute approximate surface area is 168 Å². The fourth-order valence-electron chi connectivity index (χ4n) is 3.19. The maximum absolute atomic E-state index is 14.8. The summed E-state index contributed by atoms with van der Waals surface area (Å²) in [7, 11) is 0. The van der Waals surface area contributed by atoms with E-state index in [4.69, 9.17) is 9.57 Å². The van der Waals surface area contributed by atoms with Gasteiger partial charge >= 0.3 is 6.09 Å². The van der Waals surface area contributed by atoms with Gasteiger partial charge in [-0.05, 0) is 24.3 Å². The summed E-state index contributed by atoms with van der Waals surface area (Å²) >= 11 is 0. The van der Waals surface area contributed by atoms with Crippen molar-refractivity contribution in [3.05, 3.63) is 48.4 Å². The van der Waals surface area contributed by atoms with E-state index < -0.39 is 18.0 Å². The zero-order valence-electron chi connectivity index (χ0n) is 16.3. The van der Waals surface area contributed by atoms with Crippen LogP contribution in [-0.4, -0.2) is 50.9 Å². The number of hydrogen-bond acceptors (Lipinski definition) is 6. The van der Waals surface area contributed by atoms with Crippen molar-refractivity contribution in [3.63, 3.8) is 0 Å². The molecule has 1 fully saturated rings. The first-order valence-electron chi connectivity index (χ1n) is 9.42. The van der Waals surface area contributed by atoms with Crippen LogP contribution in [0.4, 0.5) is 20.6 Å². The topological polar surface area (TPSA) is 83.1 Å². The van der Waals surface area contributed by atoms with Gasteiger partial charge in [-0.1, -0.05) is 6.08 Å². The van der Waals surface area contributed by atoms with Gasteiger partial charge in [-0.3, -0.25) is 20.0 Å². The highest BCUT2D eigenvalue weighted by atomic mass is 19.1. The molecule has 0 aromatic heterocycles. The minimum absolute atomic E-state index is 0.198. The highest BCUT2D eigenvalue weighted by Crippen LogP contribution is 2.29. The molecule has 2 heterocycles. The molecule has 8 nitrogen and oxygen atoms in total. The largest absolute Gasteiger partial charge is 0.442 e. The van der Waals surface area contributed by atoms with E-state index in [-0.39, 0.29) is 19.0 Å². The second-order valence-electron chi connectivity index (χ2n) is 6.82. The lowest BCUT2D eigenvalue weighted by Crippen LogP contribution is -2.33. The Hall–Kier alpha value is -3.07. The van der Waals surface area contributed by atoms with E-state index in [1.807, 2.05) is 11.0 Å². The van der Waals surface area contributed by atoms with E-state index in [0.29, 0.717) is 37.5 Å². The number of nitrogens with zero attached hydrogens (tertiary/aromatic N) is 2. The summed E-state index contributed by atoms with van der Waals surface area (Å²) in [5, 5.41) is 2.62. The standard InChI is InChI=1S/C20H25FN4O4/c1-3-10-28-23-15-6-8-24(9-7-15)19-5-4-16(11-18(19)21)25-13-17(29-20(25)27)12-22-14(2)26/h3-6,11,17,23H,1,7-10,12-13H2,2H3,(H,22,26)/t17-/m0/s1. The van der Waals surface area contributed by atoms with Gasteiger partial charge < -0.3 is 15.0 Å². The Morgan fingerprint density at radius 3 is 2.97 bits per heavy atom. The smallest absolute Gasteiger partial charge is 0.414 e. The Morgan fingerprint density at radius 2 is 2.31 bits per heavy atom. The van der Waals surface area contributed by atoms with Gasteiger partial charge in [-0.2, -0.15) is 0 Å². The molecule has 0 radical (unpaired) electrons.